The number of halogens is 1. The molecule has 1 amide bonds. The maximum absolute atomic E-state index is 11.8. The van der Waals surface area contributed by atoms with Gasteiger partial charge in [0.2, 0.25) is 5.91 Å². The third-order valence-corrected chi connectivity index (χ3v) is 2.93. The minimum atomic E-state index is -0.355. The summed E-state index contributed by atoms with van der Waals surface area (Å²) in [5.74, 6) is -0.829. The molecule has 2 atom stereocenters. The average molecular weight is 315 g/mol. The van der Waals surface area contributed by atoms with E-state index in [1.54, 1.807) is 13.8 Å². The molecule has 1 aromatic carbocycles. The number of benzene rings is 1. The second-order valence-electron chi connectivity index (χ2n) is 4.68. The monoisotopic (exact) mass is 314 g/mol. The highest BCUT2D eigenvalue weighted by molar-refractivity contribution is 5.85. The number of nitrogens with one attached hydrogen (secondary N) is 1. The summed E-state index contributed by atoms with van der Waals surface area (Å²) in [6.45, 7) is 4.08. The lowest BCUT2D eigenvalue weighted by atomic mass is 10.0. The van der Waals surface area contributed by atoms with E-state index in [4.69, 9.17) is 10.5 Å². The van der Waals surface area contributed by atoms with Gasteiger partial charge in [0.25, 0.3) is 0 Å². The van der Waals surface area contributed by atoms with E-state index in [1.165, 1.54) is 0 Å². The zero-order chi connectivity index (χ0) is 15.0. The maximum atomic E-state index is 11.8. The van der Waals surface area contributed by atoms with Crippen LogP contribution in [0.15, 0.2) is 30.3 Å². The molecule has 0 bridgehead atoms. The molecule has 0 heterocycles. The number of ether oxygens (including phenoxy) is 1. The molecule has 0 fully saturated rings. The van der Waals surface area contributed by atoms with Crippen LogP contribution in [0.2, 0.25) is 0 Å². The van der Waals surface area contributed by atoms with Gasteiger partial charge in [-0.3, -0.25) is 9.59 Å². The van der Waals surface area contributed by atoms with Crippen LogP contribution in [-0.4, -0.2) is 25.0 Å². The van der Waals surface area contributed by atoms with Crippen molar-refractivity contribution in [1.82, 2.24) is 5.32 Å². The van der Waals surface area contributed by atoms with Gasteiger partial charge in [0.1, 0.15) is 0 Å². The molecule has 0 saturated heterocycles. The third kappa shape index (κ3) is 7.11. The predicted octanol–water partition coefficient (Wildman–Crippen LogP) is 1.81. The Labute approximate surface area is 131 Å². The first-order valence-corrected chi connectivity index (χ1v) is 6.78. The molecule has 3 N–H and O–H groups in total. The average Bonchev–Trinajstić information content (AvgIpc) is 2.45. The lowest BCUT2D eigenvalue weighted by Gasteiger charge is -2.14. The molecule has 6 heteroatoms. The maximum Gasteiger partial charge on any atom is 0.310 e. The van der Waals surface area contributed by atoms with Crippen molar-refractivity contribution in [3.8, 4) is 0 Å². The molecule has 0 spiro atoms. The minimum absolute atomic E-state index is 0. The Morgan fingerprint density at radius 2 is 1.90 bits per heavy atom. The topological polar surface area (TPSA) is 81.4 Å². The number of nitrogens with two attached hydrogens (primary N) is 1. The Balaban J connectivity index is 0.00000400. The van der Waals surface area contributed by atoms with Gasteiger partial charge in [-0.1, -0.05) is 37.3 Å². The van der Waals surface area contributed by atoms with E-state index in [2.05, 4.69) is 5.32 Å². The Hall–Kier alpha value is -1.59. The first kappa shape index (κ1) is 19.4. The summed E-state index contributed by atoms with van der Waals surface area (Å²) in [7, 11) is 0. The van der Waals surface area contributed by atoms with Crippen LogP contribution in [-0.2, 0) is 14.3 Å². The van der Waals surface area contributed by atoms with Gasteiger partial charge in [0, 0.05) is 19.0 Å². The molecule has 2 unspecified atom stereocenters. The van der Waals surface area contributed by atoms with E-state index in [1.807, 2.05) is 30.3 Å². The summed E-state index contributed by atoms with van der Waals surface area (Å²) in [6, 6.07) is 9.11. The van der Waals surface area contributed by atoms with Gasteiger partial charge < -0.3 is 15.8 Å². The summed E-state index contributed by atoms with van der Waals surface area (Å²) in [6.07, 6.45) is 0.194. The van der Waals surface area contributed by atoms with Crippen LogP contribution >= 0.6 is 12.4 Å². The van der Waals surface area contributed by atoms with Gasteiger partial charge in [0.05, 0.1) is 12.5 Å². The van der Waals surface area contributed by atoms with E-state index in [9.17, 15) is 9.59 Å². The molecule has 0 aliphatic heterocycles. The summed E-state index contributed by atoms with van der Waals surface area (Å²) >= 11 is 0. The standard InChI is InChI=1S/C15H22N2O3.ClH/c1-3-20-15(19)11(2)10-17-14(18)9-13(16)12-7-5-4-6-8-12;/h4-8,11,13H,3,9-10,16H2,1-2H3,(H,17,18);1H. The van der Waals surface area contributed by atoms with Gasteiger partial charge in [-0.25, -0.2) is 0 Å². The molecule has 21 heavy (non-hydrogen) atoms. The number of carbonyl (C=O) groups excluding carboxylic acids is 2. The second kappa shape index (κ2) is 10.2. The van der Waals surface area contributed by atoms with Crippen molar-refractivity contribution in [2.24, 2.45) is 11.7 Å². The van der Waals surface area contributed by atoms with Gasteiger partial charge in [-0.05, 0) is 12.5 Å². The molecule has 0 aromatic heterocycles. The summed E-state index contributed by atoms with van der Waals surface area (Å²) in [5, 5.41) is 2.70. The van der Waals surface area contributed by atoms with E-state index in [-0.39, 0.29) is 49.2 Å². The Kier molecular flexibility index (Phi) is 9.41. The minimum Gasteiger partial charge on any atom is -0.466 e. The summed E-state index contributed by atoms with van der Waals surface area (Å²) in [4.78, 5) is 23.2. The normalized spacial score (nSPS) is 12.7. The van der Waals surface area contributed by atoms with E-state index >= 15 is 0 Å². The number of amides is 1. The molecule has 0 aliphatic rings. The van der Waals surface area contributed by atoms with Gasteiger partial charge in [-0.15, -0.1) is 12.4 Å². The Morgan fingerprint density at radius 3 is 2.48 bits per heavy atom. The van der Waals surface area contributed by atoms with Crippen LogP contribution in [0, 0.1) is 5.92 Å². The number of hydrogen-bond acceptors (Lipinski definition) is 4. The van der Waals surface area contributed by atoms with Crippen molar-refractivity contribution in [1.29, 1.82) is 0 Å². The molecule has 0 radical (unpaired) electrons. The third-order valence-electron chi connectivity index (χ3n) is 2.93. The van der Waals surface area contributed by atoms with E-state index in [0.29, 0.717) is 6.61 Å². The first-order valence-electron chi connectivity index (χ1n) is 6.78. The number of esters is 1. The van der Waals surface area contributed by atoms with Crippen LogP contribution in [0.4, 0.5) is 0 Å². The SMILES string of the molecule is CCOC(=O)C(C)CNC(=O)CC(N)c1ccccc1.Cl. The number of rotatable bonds is 7. The van der Waals surface area contributed by atoms with Gasteiger partial charge in [-0.2, -0.15) is 0 Å². The molecular weight excluding hydrogens is 292 g/mol. The summed E-state index contributed by atoms with van der Waals surface area (Å²) in [5.41, 5.74) is 6.88. The lowest BCUT2D eigenvalue weighted by molar-refractivity contribution is -0.147. The fourth-order valence-electron chi connectivity index (χ4n) is 1.72. The molecule has 1 rings (SSSR count). The van der Waals surface area contributed by atoms with Crippen LogP contribution < -0.4 is 11.1 Å². The fraction of sp³-hybridized carbons (Fsp3) is 0.467. The fourth-order valence-corrected chi connectivity index (χ4v) is 1.72. The second-order valence-corrected chi connectivity index (χ2v) is 4.68. The van der Waals surface area contributed by atoms with Crippen LogP contribution in [0.3, 0.4) is 0 Å². The first-order chi connectivity index (χ1) is 9.54. The van der Waals surface area contributed by atoms with Crippen LogP contribution in [0.25, 0.3) is 0 Å². The van der Waals surface area contributed by atoms with Gasteiger partial charge >= 0.3 is 5.97 Å². The van der Waals surface area contributed by atoms with Crippen molar-refractivity contribution in [2.45, 2.75) is 26.3 Å². The summed E-state index contributed by atoms with van der Waals surface area (Å²) < 4.78 is 4.87. The highest BCUT2D eigenvalue weighted by Gasteiger charge is 2.16. The quantitative estimate of drug-likeness (QED) is 0.752. The zero-order valence-corrected chi connectivity index (χ0v) is 13.2. The lowest BCUT2D eigenvalue weighted by Crippen LogP contribution is -2.34. The smallest absolute Gasteiger partial charge is 0.310 e. The van der Waals surface area contributed by atoms with Gasteiger partial charge in [0.15, 0.2) is 0 Å². The van der Waals surface area contributed by atoms with E-state index < -0.39 is 0 Å². The van der Waals surface area contributed by atoms with Crippen molar-refractivity contribution in [3.05, 3.63) is 35.9 Å². The molecular formula is C15H23ClN2O3. The molecule has 0 saturated carbocycles. The highest BCUT2D eigenvalue weighted by atomic mass is 35.5. The molecule has 118 valence electrons. The predicted molar refractivity (Wildman–Crippen MR) is 84.0 cm³/mol. The molecule has 0 aliphatic carbocycles. The van der Waals surface area contributed by atoms with Crippen molar-refractivity contribution >= 4 is 24.3 Å². The molecule has 1 aromatic rings. The van der Waals surface area contributed by atoms with Crippen LogP contribution in [0.5, 0.6) is 0 Å². The Morgan fingerprint density at radius 1 is 1.29 bits per heavy atom. The zero-order valence-electron chi connectivity index (χ0n) is 12.4. The van der Waals surface area contributed by atoms with Crippen molar-refractivity contribution in [2.75, 3.05) is 13.2 Å². The highest BCUT2D eigenvalue weighted by Crippen LogP contribution is 2.12. The Bertz CT molecular complexity index is 440. The largest absolute Gasteiger partial charge is 0.466 e. The van der Waals surface area contributed by atoms with Crippen molar-refractivity contribution in [3.63, 3.8) is 0 Å². The molecule has 5 nitrogen and oxygen atoms in total. The number of hydrogen-bond donors (Lipinski definition) is 2. The van der Waals surface area contributed by atoms with Crippen molar-refractivity contribution < 1.29 is 14.3 Å². The van der Waals surface area contributed by atoms with E-state index in [0.717, 1.165) is 5.56 Å². The number of carbonyl (C=O) groups is 2. The van der Waals surface area contributed by atoms with Crippen LogP contribution in [0.1, 0.15) is 31.9 Å².